The molecule has 132 valence electrons. The first kappa shape index (κ1) is 19.1. The van der Waals surface area contributed by atoms with E-state index in [-0.39, 0.29) is 5.91 Å². The first-order chi connectivity index (χ1) is 12.0. The Morgan fingerprint density at radius 1 is 1.08 bits per heavy atom. The zero-order valence-electron chi connectivity index (χ0n) is 14.7. The Bertz CT molecular complexity index is 741. The van der Waals surface area contributed by atoms with E-state index < -0.39 is 0 Å². The fraction of sp³-hybridized carbons (Fsp3) is 0.250. The third-order valence-electron chi connectivity index (χ3n) is 3.85. The highest BCUT2D eigenvalue weighted by Gasteiger charge is 2.08. The van der Waals surface area contributed by atoms with Crippen molar-refractivity contribution < 1.29 is 14.3 Å². The molecule has 0 spiro atoms. The van der Waals surface area contributed by atoms with Crippen molar-refractivity contribution in [2.24, 2.45) is 0 Å². The molecule has 0 aliphatic heterocycles. The van der Waals surface area contributed by atoms with E-state index in [0.717, 1.165) is 22.0 Å². The summed E-state index contributed by atoms with van der Waals surface area (Å²) in [6.07, 6.45) is 4.16. The lowest BCUT2D eigenvalue weighted by atomic mass is 10.1. The molecule has 5 heteroatoms. The molecule has 0 fully saturated rings. The third-order valence-corrected chi connectivity index (χ3v) is 4.38. The van der Waals surface area contributed by atoms with Crippen LogP contribution in [-0.2, 0) is 11.2 Å². The second kappa shape index (κ2) is 9.28. The molecule has 0 atom stereocenters. The number of rotatable bonds is 7. The van der Waals surface area contributed by atoms with Gasteiger partial charge in [0.15, 0.2) is 11.5 Å². The van der Waals surface area contributed by atoms with Gasteiger partial charge < -0.3 is 14.4 Å². The second-order valence-corrected chi connectivity index (χ2v) is 6.50. The lowest BCUT2D eigenvalue weighted by Gasteiger charge is -2.16. The predicted molar refractivity (Wildman–Crippen MR) is 104 cm³/mol. The van der Waals surface area contributed by atoms with Crippen LogP contribution in [0.15, 0.2) is 53.0 Å². The van der Waals surface area contributed by atoms with Crippen LogP contribution in [0, 0.1) is 0 Å². The minimum atomic E-state index is -0.0246. The van der Waals surface area contributed by atoms with Gasteiger partial charge in [0.1, 0.15) is 0 Å². The average molecular weight is 404 g/mol. The van der Waals surface area contributed by atoms with Gasteiger partial charge in [-0.15, -0.1) is 0 Å². The molecule has 25 heavy (non-hydrogen) atoms. The molecule has 0 saturated heterocycles. The quantitative estimate of drug-likeness (QED) is 0.650. The Morgan fingerprint density at radius 2 is 1.76 bits per heavy atom. The van der Waals surface area contributed by atoms with Crippen LogP contribution >= 0.6 is 15.9 Å². The average Bonchev–Trinajstić information content (AvgIpc) is 2.65. The number of amides is 1. The van der Waals surface area contributed by atoms with Gasteiger partial charge in [0.05, 0.1) is 14.2 Å². The zero-order valence-corrected chi connectivity index (χ0v) is 16.2. The molecule has 0 aliphatic carbocycles. The van der Waals surface area contributed by atoms with E-state index in [0.29, 0.717) is 18.0 Å². The summed E-state index contributed by atoms with van der Waals surface area (Å²) in [6.45, 7) is 0.624. The van der Waals surface area contributed by atoms with Gasteiger partial charge in [-0.3, -0.25) is 4.79 Å². The minimum Gasteiger partial charge on any atom is -0.493 e. The van der Waals surface area contributed by atoms with E-state index in [1.807, 2.05) is 48.5 Å². The van der Waals surface area contributed by atoms with Crippen LogP contribution in [0.2, 0.25) is 0 Å². The number of likely N-dealkylation sites (N-methyl/N-ethyl adjacent to an activating group) is 1. The van der Waals surface area contributed by atoms with Crippen LogP contribution in [0.3, 0.4) is 0 Å². The molecule has 4 nitrogen and oxygen atoms in total. The molecule has 0 aliphatic rings. The van der Waals surface area contributed by atoms with Crippen molar-refractivity contribution in [3.63, 3.8) is 0 Å². The summed E-state index contributed by atoms with van der Waals surface area (Å²) >= 11 is 3.39. The van der Waals surface area contributed by atoms with Crippen LogP contribution < -0.4 is 9.47 Å². The molecule has 0 bridgehead atoms. The minimum absolute atomic E-state index is 0.0246. The summed E-state index contributed by atoms with van der Waals surface area (Å²) in [5, 5.41) is 0. The van der Waals surface area contributed by atoms with Crippen molar-refractivity contribution in [1.29, 1.82) is 0 Å². The monoisotopic (exact) mass is 403 g/mol. The van der Waals surface area contributed by atoms with Crippen molar-refractivity contribution >= 4 is 27.9 Å². The molecule has 0 N–H and O–H groups in total. The Morgan fingerprint density at radius 3 is 2.40 bits per heavy atom. The van der Waals surface area contributed by atoms with Crippen LogP contribution in [0.5, 0.6) is 11.5 Å². The number of nitrogens with zero attached hydrogens (tertiary/aromatic N) is 1. The van der Waals surface area contributed by atoms with Crippen LogP contribution in [0.4, 0.5) is 0 Å². The topological polar surface area (TPSA) is 38.8 Å². The van der Waals surface area contributed by atoms with E-state index in [1.165, 1.54) is 0 Å². The van der Waals surface area contributed by atoms with Gasteiger partial charge in [-0.1, -0.05) is 34.1 Å². The number of ether oxygens (including phenoxy) is 2. The van der Waals surface area contributed by atoms with Crippen molar-refractivity contribution in [3.05, 3.63) is 64.1 Å². The third kappa shape index (κ3) is 5.64. The first-order valence-electron chi connectivity index (χ1n) is 7.93. The highest BCUT2D eigenvalue weighted by atomic mass is 79.9. The van der Waals surface area contributed by atoms with Gasteiger partial charge in [0.25, 0.3) is 0 Å². The number of methoxy groups -OCH3 is 2. The number of hydrogen-bond donors (Lipinski definition) is 0. The van der Waals surface area contributed by atoms with Gasteiger partial charge in [0, 0.05) is 24.1 Å². The molecule has 2 aromatic carbocycles. The smallest absolute Gasteiger partial charge is 0.246 e. The molecule has 0 heterocycles. The number of carbonyl (C=O) groups is 1. The van der Waals surface area contributed by atoms with Gasteiger partial charge in [-0.05, 0) is 47.9 Å². The lowest BCUT2D eigenvalue weighted by Crippen LogP contribution is -2.27. The van der Waals surface area contributed by atoms with E-state index in [4.69, 9.17) is 9.47 Å². The fourth-order valence-corrected chi connectivity index (χ4v) is 2.58. The summed E-state index contributed by atoms with van der Waals surface area (Å²) in [5.41, 5.74) is 2.08. The van der Waals surface area contributed by atoms with Crippen LogP contribution in [-0.4, -0.2) is 38.6 Å². The molecular formula is C20H22BrNO3. The maximum absolute atomic E-state index is 12.2. The number of benzene rings is 2. The standard InChI is InChI=1S/C20H22BrNO3/c1-22(20(23)11-7-15-4-8-17(21)9-5-15)13-12-16-6-10-18(24-2)19(14-16)25-3/h4-11,14H,12-13H2,1-3H3/b11-7+. The van der Waals surface area contributed by atoms with Gasteiger partial charge in [0.2, 0.25) is 5.91 Å². The maximum atomic E-state index is 12.2. The summed E-state index contributed by atoms with van der Waals surface area (Å²) < 4.78 is 11.6. The second-order valence-electron chi connectivity index (χ2n) is 5.58. The molecule has 0 aromatic heterocycles. The number of hydrogen-bond acceptors (Lipinski definition) is 3. The van der Waals surface area contributed by atoms with Gasteiger partial charge in [-0.2, -0.15) is 0 Å². The molecule has 1 amide bonds. The van der Waals surface area contributed by atoms with Crippen molar-refractivity contribution in [1.82, 2.24) is 4.90 Å². The molecule has 0 saturated carbocycles. The van der Waals surface area contributed by atoms with E-state index >= 15 is 0 Å². The SMILES string of the molecule is COc1ccc(CCN(C)C(=O)/C=C/c2ccc(Br)cc2)cc1OC. The summed E-state index contributed by atoms with van der Waals surface area (Å²) in [6, 6.07) is 13.6. The van der Waals surface area contributed by atoms with Crippen LogP contribution in [0.25, 0.3) is 6.08 Å². The highest BCUT2D eigenvalue weighted by Crippen LogP contribution is 2.27. The Hall–Kier alpha value is -2.27. The molecular weight excluding hydrogens is 382 g/mol. The summed E-state index contributed by atoms with van der Waals surface area (Å²) in [5.74, 6) is 1.38. The van der Waals surface area contributed by atoms with E-state index in [2.05, 4.69) is 15.9 Å². The van der Waals surface area contributed by atoms with Gasteiger partial charge >= 0.3 is 0 Å². The predicted octanol–water partition coefficient (Wildman–Crippen LogP) is 4.18. The summed E-state index contributed by atoms with van der Waals surface area (Å²) in [7, 11) is 5.03. The Balaban J connectivity index is 1.91. The van der Waals surface area contributed by atoms with Crippen molar-refractivity contribution in [3.8, 4) is 11.5 Å². The normalized spacial score (nSPS) is 10.7. The van der Waals surface area contributed by atoms with E-state index in [9.17, 15) is 4.79 Å². The molecule has 0 radical (unpaired) electrons. The fourth-order valence-electron chi connectivity index (χ4n) is 2.31. The number of halogens is 1. The van der Waals surface area contributed by atoms with Crippen molar-refractivity contribution in [2.45, 2.75) is 6.42 Å². The number of carbonyl (C=O) groups excluding carboxylic acids is 1. The van der Waals surface area contributed by atoms with E-state index in [1.54, 1.807) is 32.2 Å². The lowest BCUT2D eigenvalue weighted by molar-refractivity contribution is -0.124. The van der Waals surface area contributed by atoms with Crippen molar-refractivity contribution in [2.75, 3.05) is 27.8 Å². The first-order valence-corrected chi connectivity index (χ1v) is 8.72. The molecule has 2 rings (SSSR count). The van der Waals surface area contributed by atoms with Crippen LogP contribution in [0.1, 0.15) is 11.1 Å². The largest absolute Gasteiger partial charge is 0.493 e. The van der Waals surface area contributed by atoms with Gasteiger partial charge in [-0.25, -0.2) is 0 Å². The maximum Gasteiger partial charge on any atom is 0.246 e. The summed E-state index contributed by atoms with van der Waals surface area (Å²) in [4.78, 5) is 13.9. The Kier molecular flexibility index (Phi) is 7.07. The molecule has 0 unspecified atom stereocenters. The highest BCUT2D eigenvalue weighted by molar-refractivity contribution is 9.10. The molecule has 2 aromatic rings. The Labute approximate surface area is 157 Å². The zero-order chi connectivity index (χ0) is 18.2.